The molecule has 0 atom stereocenters. The summed E-state index contributed by atoms with van der Waals surface area (Å²) in [5.41, 5.74) is 2.18. The lowest BCUT2D eigenvalue weighted by atomic mass is 9.52. The molecular weight excluding hydrogens is 332 g/mol. The molecule has 3 aliphatic rings. The van der Waals surface area contributed by atoms with Gasteiger partial charge in [-0.25, -0.2) is 0 Å². The Morgan fingerprint density at radius 1 is 0.538 bits per heavy atom. The highest BCUT2D eigenvalue weighted by atomic mass is 16.2. The van der Waals surface area contributed by atoms with E-state index < -0.39 is 47.3 Å². The van der Waals surface area contributed by atoms with E-state index in [-0.39, 0.29) is 0 Å². The molecule has 0 spiro atoms. The molecular formula is C20H14N2O4. The van der Waals surface area contributed by atoms with Crippen LogP contribution in [0.2, 0.25) is 0 Å². The predicted octanol–water partition coefficient (Wildman–Crippen LogP) is 1.34. The molecule has 2 aromatic rings. The fourth-order valence-corrected chi connectivity index (χ4v) is 4.69. The fraction of sp³-hybridized carbons (Fsp3) is 0.200. The van der Waals surface area contributed by atoms with Gasteiger partial charge in [0.15, 0.2) is 0 Å². The van der Waals surface area contributed by atoms with Crippen molar-refractivity contribution in [3.8, 4) is 0 Å². The molecule has 5 rings (SSSR count). The molecule has 6 heteroatoms. The summed E-state index contributed by atoms with van der Waals surface area (Å²) in [6.07, 6.45) is 0. The van der Waals surface area contributed by atoms with E-state index in [1.165, 1.54) is 0 Å². The van der Waals surface area contributed by atoms with Crippen molar-refractivity contribution in [2.45, 2.75) is 11.8 Å². The molecule has 1 fully saturated rings. The second-order valence-corrected chi connectivity index (χ2v) is 6.91. The first-order chi connectivity index (χ1) is 12.6. The van der Waals surface area contributed by atoms with Crippen molar-refractivity contribution in [3.63, 3.8) is 0 Å². The summed E-state index contributed by atoms with van der Waals surface area (Å²) >= 11 is 0. The number of fused-ring (bicyclic) bond motifs is 8. The molecule has 0 unspecified atom stereocenters. The highest BCUT2D eigenvalue weighted by molar-refractivity contribution is 6.13. The smallest absolute Gasteiger partial charge is 0.258 e. The average Bonchev–Trinajstić information content (AvgIpc) is 2.74. The van der Waals surface area contributed by atoms with E-state index in [0.29, 0.717) is 22.3 Å². The quantitative estimate of drug-likeness (QED) is 0.704. The van der Waals surface area contributed by atoms with Gasteiger partial charge in [0.25, 0.3) is 11.8 Å². The third kappa shape index (κ3) is 1.81. The Hall–Kier alpha value is -3.28. The van der Waals surface area contributed by atoms with E-state index in [0.717, 1.165) is 0 Å². The molecule has 2 aromatic carbocycles. The molecule has 0 bridgehead atoms. The van der Waals surface area contributed by atoms with Crippen LogP contribution in [0.15, 0.2) is 48.5 Å². The van der Waals surface area contributed by atoms with Gasteiger partial charge in [0.05, 0.1) is 11.8 Å². The standard InChI is InChI=1S/C20H14N2O4/c23-17-11-7-3-1-5-9(11)13-15(19(25)21-17)14-10-6-2-4-8-12(10)18(24)22-20(26)16(13)14/h1-8,13-16H,(H,21,23,25)(H,22,24,26). The molecule has 0 radical (unpaired) electrons. The third-order valence-corrected chi connectivity index (χ3v) is 5.76. The van der Waals surface area contributed by atoms with Crippen LogP contribution in [0.25, 0.3) is 0 Å². The van der Waals surface area contributed by atoms with E-state index in [1.54, 1.807) is 48.5 Å². The maximum atomic E-state index is 12.8. The second-order valence-electron chi connectivity index (χ2n) is 6.91. The largest absolute Gasteiger partial charge is 0.292 e. The number of hydrogen-bond donors (Lipinski definition) is 2. The van der Waals surface area contributed by atoms with E-state index in [2.05, 4.69) is 10.6 Å². The first-order valence-electron chi connectivity index (χ1n) is 8.46. The monoisotopic (exact) mass is 346 g/mol. The molecule has 2 aliphatic heterocycles. The van der Waals surface area contributed by atoms with Gasteiger partial charge >= 0.3 is 0 Å². The molecule has 1 saturated carbocycles. The van der Waals surface area contributed by atoms with Crippen molar-refractivity contribution in [2.24, 2.45) is 11.8 Å². The number of carbonyl (C=O) groups excluding carboxylic acids is 4. The molecule has 2 heterocycles. The fourth-order valence-electron chi connectivity index (χ4n) is 4.69. The van der Waals surface area contributed by atoms with Crippen LogP contribution in [0.4, 0.5) is 0 Å². The summed E-state index contributed by atoms with van der Waals surface area (Å²) in [5.74, 6) is -3.67. The first kappa shape index (κ1) is 15.0. The lowest BCUT2D eigenvalue weighted by Gasteiger charge is -2.49. The minimum atomic E-state index is -0.564. The van der Waals surface area contributed by atoms with Crippen LogP contribution < -0.4 is 10.6 Å². The van der Waals surface area contributed by atoms with Gasteiger partial charge in [-0.3, -0.25) is 29.8 Å². The van der Waals surface area contributed by atoms with Gasteiger partial charge in [0.2, 0.25) is 11.8 Å². The molecule has 128 valence electrons. The van der Waals surface area contributed by atoms with Crippen LogP contribution in [0.5, 0.6) is 0 Å². The first-order valence-corrected chi connectivity index (χ1v) is 8.46. The Kier molecular flexibility index (Phi) is 2.95. The minimum Gasteiger partial charge on any atom is -0.292 e. The van der Waals surface area contributed by atoms with Gasteiger partial charge in [-0.15, -0.1) is 0 Å². The highest BCUT2D eigenvalue weighted by Gasteiger charge is 2.61. The summed E-state index contributed by atoms with van der Waals surface area (Å²) in [4.78, 5) is 50.3. The van der Waals surface area contributed by atoms with E-state index >= 15 is 0 Å². The lowest BCUT2D eigenvalue weighted by molar-refractivity contribution is -0.138. The molecule has 26 heavy (non-hydrogen) atoms. The number of benzene rings is 2. The number of imide groups is 2. The van der Waals surface area contributed by atoms with Crippen LogP contribution in [0, 0.1) is 11.8 Å². The molecule has 2 N–H and O–H groups in total. The van der Waals surface area contributed by atoms with Crippen LogP contribution in [0.3, 0.4) is 0 Å². The van der Waals surface area contributed by atoms with Crippen molar-refractivity contribution in [2.75, 3.05) is 0 Å². The van der Waals surface area contributed by atoms with E-state index in [1.807, 2.05) is 0 Å². The Morgan fingerprint density at radius 3 is 1.35 bits per heavy atom. The average molecular weight is 346 g/mol. The number of amides is 4. The van der Waals surface area contributed by atoms with Crippen molar-refractivity contribution in [1.29, 1.82) is 0 Å². The van der Waals surface area contributed by atoms with Gasteiger partial charge < -0.3 is 0 Å². The third-order valence-electron chi connectivity index (χ3n) is 5.76. The zero-order chi connectivity index (χ0) is 18.0. The second kappa shape index (κ2) is 5.11. The summed E-state index contributed by atoms with van der Waals surface area (Å²) in [6, 6.07) is 13.9. The van der Waals surface area contributed by atoms with Gasteiger partial charge in [-0.1, -0.05) is 36.4 Å². The van der Waals surface area contributed by atoms with Crippen molar-refractivity contribution in [1.82, 2.24) is 10.6 Å². The molecule has 6 nitrogen and oxygen atoms in total. The maximum absolute atomic E-state index is 12.8. The van der Waals surface area contributed by atoms with Crippen LogP contribution >= 0.6 is 0 Å². The summed E-state index contributed by atoms with van der Waals surface area (Å²) < 4.78 is 0. The molecule has 0 saturated heterocycles. The highest BCUT2D eigenvalue weighted by Crippen LogP contribution is 2.60. The molecule has 0 aromatic heterocycles. The number of carbonyl (C=O) groups is 4. The molecule has 1 aliphatic carbocycles. The van der Waals surface area contributed by atoms with Crippen LogP contribution in [-0.2, 0) is 9.59 Å². The maximum Gasteiger partial charge on any atom is 0.258 e. The van der Waals surface area contributed by atoms with E-state index in [4.69, 9.17) is 0 Å². The van der Waals surface area contributed by atoms with Gasteiger partial charge in [0.1, 0.15) is 0 Å². The predicted molar refractivity (Wildman–Crippen MR) is 90.3 cm³/mol. The van der Waals surface area contributed by atoms with Crippen molar-refractivity contribution in [3.05, 3.63) is 70.8 Å². The zero-order valence-electron chi connectivity index (χ0n) is 13.6. The van der Waals surface area contributed by atoms with Crippen molar-refractivity contribution < 1.29 is 19.2 Å². The summed E-state index contributed by atoms with van der Waals surface area (Å²) in [7, 11) is 0. The normalized spacial score (nSPS) is 28.9. The van der Waals surface area contributed by atoms with Gasteiger partial charge in [-0.2, -0.15) is 0 Å². The Labute approximate surface area is 148 Å². The Balaban J connectivity index is 1.73. The SMILES string of the molecule is O=C1NC(=O)C2C(c3ccccc31)C1C(=O)NC(=O)c3ccccc3C21. The van der Waals surface area contributed by atoms with Crippen LogP contribution in [0.1, 0.15) is 43.7 Å². The van der Waals surface area contributed by atoms with Gasteiger partial charge in [0, 0.05) is 23.0 Å². The van der Waals surface area contributed by atoms with E-state index in [9.17, 15) is 19.2 Å². The summed E-state index contributed by atoms with van der Waals surface area (Å²) in [6.45, 7) is 0. The topological polar surface area (TPSA) is 92.3 Å². The summed E-state index contributed by atoms with van der Waals surface area (Å²) in [5, 5.41) is 4.89. The van der Waals surface area contributed by atoms with Gasteiger partial charge in [-0.05, 0) is 23.3 Å². The minimum absolute atomic E-state index is 0.394. The zero-order valence-corrected chi connectivity index (χ0v) is 13.6. The molecule has 4 amide bonds. The Morgan fingerprint density at radius 2 is 0.923 bits per heavy atom. The number of rotatable bonds is 0. The number of nitrogens with one attached hydrogen (secondary N) is 2. The Bertz CT molecular complexity index is 923. The lowest BCUT2D eigenvalue weighted by Crippen LogP contribution is -2.54. The van der Waals surface area contributed by atoms with Crippen LogP contribution in [-0.4, -0.2) is 23.6 Å². The van der Waals surface area contributed by atoms with Crippen molar-refractivity contribution >= 4 is 23.6 Å². The number of hydrogen-bond acceptors (Lipinski definition) is 4.